The molecule has 0 atom stereocenters. The van der Waals surface area contributed by atoms with Crippen LogP contribution in [0.4, 0.5) is 0 Å². The maximum absolute atomic E-state index is 10.7. The number of allylic oxidation sites excluding steroid dienone is 3. The molecule has 0 aromatic heterocycles. The second kappa shape index (κ2) is 5.13. The molecule has 0 saturated carbocycles. The largest absolute Gasteiger partial charge is 0.481 e. The third-order valence-electron chi connectivity index (χ3n) is 4.75. The van der Waals surface area contributed by atoms with E-state index in [1.165, 1.54) is 38.6 Å². The Kier molecular flexibility index (Phi) is 3.11. The van der Waals surface area contributed by atoms with Crippen molar-refractivity contribution >= 4 is 28.4 Å². The second-order valence-electron chi connectivity index (χ2n) is 6.12. The molecule has 22 heavy (non-hydrogen) atoms. The Labute approximate surface area is 129 Å². The van der Waals surface area contributed by atoms with Crippen LogP contribution in [0.2, 0.25) is 0 Å². The van der Waals surface area contributed by atoms with E-state index in [0.717, 1.165) is 19.3 Å². The fraction of sp³-hybridized carbons (Fsp3) is 0.250. The Morgan fingerprint density at radius 1 is 1.05 bits per heavy atom. The summed E-state index contributed by atoms with van der Waals surface area (Å²) in [6.07, 6.45) is 10.5. The standard InChI is InChI=1S/C20H18O2/c21-18(22)6-2-3-13-7-8-16-10-9-14-4-1-5-15-11-12-17(13)20(16)19(14)15/h1,5,7,9-12H,2-4,6,8H2,(H,21,22). The Morgan fingerprint density at radius 3 is 2.68 bits per heavy atom. The smallest absolute Gasteiger partial charge is 0.303 e. The summed E-state index contributed by atoms with van der Waals surface area (Å²) in [6, 6.07) is 8.94. The lowest BCUT2D eigenvalue weighted by Gasteiger charge is -2.23. The second-order valence-corrected chi connectivity index (χ2v) is 6.12. The highest BCUT2D eigenvalue weighted by molar-refractivity contribution is 6.04. The number of benzene rings is 2. The fourth-order valence-corrected chi connectivity index (χ4v) is 3.74. The van der Waals surface area contributed by atoms with Gasteiger partial charge >= 0.3 is 5.97 Å². The predicted octanol–water partition coefficient (Wildman–Crippen LogP) is 4.60. The summed E-state index contributed by atoms with van der Waals surface area (Å²) in [7, 11) is 0. The first-order chi connectivity index (χ1) is 10.7. The molecule has 0 radical (unpaired) electrons. The molecule has 2 aliphatic carbocycles. The number of hydrogen-bond donors (Lipinski definition) is 1. The molecule has 1 N–H and O–H groups in total. The average molecular weight is 290 g/mol. The van der Waals surface area contributed by atoms with Crippen molar-refractivity contribution < 1.29 is 9.90 Å². The van der Waals surface area contributed by atoms with Gasteiger partial charge in [0.2, 0.25) is 0 Å². The molecule has 0 fully saturated rings. The molecule has 0 spiro atoms. The summed E-state index contributed by atoms with van der Waals surface area (Å²) in [4.78, 5) is 10.7. The Bertz CT molecular complexity index is 840. The average Bonchev–Trinajstić information content (AvgIpc) is 2.53. The molecule has 0 amide bonds. The first-order valence-corrected chi connectivity index (χ1v) is 7.89. The molecule has 0 unspecified atom stereocenters. The fourth-order valence-electron chi connectivity index (χ4n) is 3.74. The van der Waals surface area contributed by atoms with Crippen LogP contribution in [0.3, 0.4) is 0 Å². The minimum atomic E-state index is -0.709. The predicted molar refractivity (Wildman–Crippen MR) is 89.9 cm³/mol. The third-order valence-corrected chi connectivity index (χ3v) is 4.75. The number of carboxylic acid groups (broad SMARTS) is 1. The van der Waals surface area contributed by atoms with Crippen molar-refractivity contribution in [1.82, 2.24) is 0 Å². The summed E-state index contributed by atoms with van der Waals surface area (Å²) in [5.41, 5.74) is 6.74. The van der Waals surface area contributed by atoms with Gasteiger partial charge in [-0.05, 0) is 64.3 Å². The van der Waals surface area contributed by atoms with E-state index < -0.39 is 5.97 Å². The zero-order chi connectivity index (χ0) is 15.1. The van der Waals surface area contributed by atoms with Gasteiger partial charge in [-0.1, -0.05) is 42.5 Å². The van der Waals surface area contributed by atoms with Crippen LogP contribution in [-0.4, -0.2) is 11.1 Å². The van der Waals surface area contributed by atoms with Crippen molar-refractivity contribution in [3.8, 4) is 0 Å². The summed E-state index contributed by atoms with van der Waals surface area (Å²) in [6.45, 7) is 0. The van der Waals surface area contributed by atoms with Gasteiger partial charge in [-0.15, -0.1) is 0 Å². The lowest BCUT2D eigenvalue weighted by Crippen LogP contribution is -2.04. The third kappa shape index (κ3) is 2.07. The van der Waals surface area contributed by atoms with Crippen LogP contribution in [0.1, 0.15) is 41.5 Å². The maximum atomic E-state index is 10.7. The molecular weight excluding hydrogens is 272 g/mol. The normalized spacial score (nSPS) is 15.0. The molecule has 0 saturated heterocycles. The van der Waals surface area contributed by atoms with Gasteiger partial charge in [-0.25, -0.2) is 0 Å². The summed E-state index contributed by atoms with van der Waals surface area (Å²) >= 11 is 0. The van der Waals surface area contributed by atoms with Crippen LogP contribution < -0.4 is 0 Å². The Hall–Kier alpha value is -2.35. The summed E-state index contributed by atoms with van der Waals surface area (Å²) in [5, 5.41) is 11.6. The number of carboxylic acids is 1. The minimum Gasteiger partial charge on any atom is -0.481 e. The molecule has 0 heterocycles. The minimum absolute atomic E-state index is 0.244. The number of carbonyl (C=O) groups is 1. The molecule has 2 aromatic carbocycles. The lowest BCUT2D eigenvalue weighted by atomic mass is 9.81. The topological polar surface area (TPSA) is 37.3 Å². The van der Waals surface area contributed by atoms with Gasteiger partial charge in [-0.3, -0.25) is 4.79 Å². The van der Waals surface area contributed by atoms with Gasteiger partial charge in [0.15, 0.2) is 0 Å². The molecule has 110 valence electrons. The molecule has 2 aromatic rings. The highest BCUT2D eigenvalue weighted by Gasteiger charge is 2.19. The van der Waals surface area contributed by atoms with Gasteiger partial charge in [0.25, 0.3) is 0 Å². The van der Waals surface area contributed by atoms with Gasteiger partial charge in [0.05, 0.1) is 0 Å². The van der Waals surface area contributed by atoms with Gasteiger partial charge < -0.3 is 5.11 Å². The van der Waals surface area contributed by atoms with Crippen molar-refractivity contribution in [3.05, 3.63) is 58.7 Å². The van der Waals surface area contributed by atoms with E-state index in [1.54, 1.807) is 0 Å². The van der Waals surface area contributed by atoms with E-state index in [4.69, 9.17) is 5.11 Å². The zero-order valence-corrected chi connectivity index (χ0v) is 12.4. The van der Waals surface area contributed by atoms with Crippen LogP contribution in [0.25, 0.3) is 22.4 Å². The monoisotopic (exact) mass is 290 g/mol. The first kappa shape index (κ1) is 13.3. The highest BCUT2D eigenvalue weighted by Crippen LogP contribution is 2.40. The quantitative estimate of drug-likeness (QED) is 0.893. The molecular formula is C20H18O2. The number of hydrogen-bond acceptors (Lipinski definition) is 1. The van der Waals surface area contributed by atoms with Gasteiger partial charge in [-0.2, -0.15) is 0 Å². The van der Waals surface area contributed by atoms with E-state index in [0.29, 0.717) is 6.42 Å². The van der Waals surface area contributed by atoms with Crippen molar-refractivity contribution in [2.24, 2.45) is 0 Å². The van der Waals surface area contributed by atoms with Crippen LogP contribution >= 0.6 is 0 Å². The lowest BCUT2D eigenvalue weighted by molar-refractivity contribution is -0.137. The van der Waals surface area contributed by atoms with Crippen molar-refractivity contribution in [2.45, 2.75) is 32.1 Å². The van der Waals surface area contributed by atoms with E-state index in [9.17, 15) is 4.79 Å². The van der Waals surface area contributed by atoms with Gasteiger partial charge in [0, 0.05) is 6.42 Å². The van der Waals surface area contributed by atoms with Crippen molar-refractivity contribution in [3.63, 3.8) is 0 Å². The SMILES string of the molecule is O=C(O)CCCC1=CCc2ccc3c4c(ccc1c24)C=CC3. The van der Waals surface area contributed by atoms with Crippen molar-refractivity contribution in [2.75, 3.05) is 0 Å². The molecule has 0 bridgehead atoms. The summed E-state index contributed by atoms with van der Waals surface area (Å²) < 4.78 is 0. The maximum Gasteiger partial charge on any atom is 0.303 e. The molecule has 0 aliphatic heterocycles. The van der Waals surface area contributed by atoms with Crippen LogP contribution in [0.15, 0.2) is 36.4 Å². The van der Waals surface area contributed by atoms with E-state index >= 15 is 0 Å². The number of rotatable bonds is 4. The van der Waals surface area contributed by atoms with E-state index in [-0.39, 0.29) is 6.42 Å². The van der Waals surface area contributed by atoms with Crippen LogP contribution in [-0.2, 0) is 17.6 Å². The van der Waals surface area contributed by atoms with Crippen LogP contribution in [0, 0.1) is 0 Å². The van der Waals surface area contributed by atoms with Crippen LogP contribution in [0.5, 0.6) is 0 Å². The molecule has 2 nitrogen and oxygen atoms in total. The van der Waals surface area contributed by atoms with E-state index in [1.807, 2.05) is 0 Å². The van der Waals surface area contributed by atoms with Gasteiger partial charge in [0.1, 0.15) is 0 Å². The molecule has 4 rings (SSSR count). The molecule has 2 heteroatoms. The summed E-state index contributed by atoms with van der Waals surface area (Å²) in [5.74, 6) is -0.709. The van der Waals surface area contributed by atoms with Crippen molar-refractivity contribution in [1.29, 1.82) is 0 Å². The number of aliphatic carboxylic acids is 1. The Morgan fingerprint density at radius 2 is 1.86 bits per heavy atom. The Balaban J connectivity index is 1.80. The first-order valence-electron chi connectivity index (χ1n) is 7.89. The highest BCUT2D eigenvalue weighted by atomic mass is 16.4. The molecule has 2 aliphatic rings. The van der Waals surface area contributed by atoms with E-state index in [2.05, 4.69) is 42.5 Å². The zero-order valence-electron chi connectivity index (χ0n) is 12.4.